The molecule has 8 N–H and O–H groups in total. The SMILES string of the molecule is N=C(N)c1ccc(Oc2cc(Oc3ccc(C(=N)N)cc3)cc(C(=O)N3CCN(CCCN)CC3)c2)cc1. The predicted molar refractivity (Wildman–Crippen MR) is 148 cm³/mol. The Labute approximate surface area is 221 Å². The molecule has 38 heavy (non-hydrogen) atoms. The first-order valence-corrected chi connectivity index (χ1v) is 12.4. The molecular formula is C28H33N7O3. The topological polar surface area (TPSA) is 168 Å². The Hall–Kier alpha value is -4.41. The smallest absolute Gasteiger partial charge is 0.254 e. The maximum atomic E-state index is 13.5. The highest BCUT2D eigenvalue weighted by Gasteiger charge is 2.23. The number of nitrogen functional groups attached to an aromatic ring is 2. The average Bonchev–Trinajstić information content (AvgIpc) is 2.92. The minimum Gasteiger partial charge on any atom is -0.457 e. The van der Waals surface area contributed by atoms with Gasteiger partial charge in [0.2, 0.25) is 0 Å². The van der Waals surface area contributed by atoms with Gasteiger partial charge in [0, 0.05) is 48.9 Å². The van der Waals surface area contributed by atoms with E-state index in [2.05, 4.69) is 4.90 Å². The lowest BCUT2D eigenvalue weighted by atomic mass is 10.1. The van der Waals surface area contributed by atoms with Crippen LogP contribution < -0.4 is 26.7 Å². The molecule has 3 aromatic rings. The van der Waals surface area contributed by atoms with Gasteiger partial charge in [-0.3, -0.25) is 20.5 Å². The maximum absolute atomic E-state index is 13.5. The minimum atomic E-state index is -0.0994. The van der Waals surface area contributed by atoms with Gasteiger partial charge < -0.3 is 31.6 Å². The Balaban J connectivity index is 1.57. The highest BCUT2D eigenvalue weighted by Crippen LogP contribution is 2.31. The molecule has 1 saturated heterocycles. The molecule has 1 aliphatic rings. The van der Waals surface area contributed by atoms with Crippen molar-refractivity contribution in [2.24, 2.45) is 17.2 Å². The number of piperazine rings is 1. The molecule has 1 aliphatic heterocycles. The molecular weight excluding hydrogens is 482 g/mol. The number of hydrogen-bond donors (Lipinski definition) is 5. The van der Waals surface area contributed by atoms with Crippen LogP contribution in [0.3, 0.4) is 0 Å². The molecule has 10 heteroatoms. The average molecular weight is 516 g/mol. The standard InChI is InChI=1S/C28H33N7O3/c29-10-1-11-34-12-14-35(15-13-34)28(36)21-16-24(37-22-6-2-19(3-7-22)26(30)31)18-25(17-21)38-23-8-4-20(5-9-23)27(32)33/h2-9,16-18H,1,10-15,29H2,(H3,30,31)(H3,32,33). The first kappa shape index (κ1) is 26.6. The van der Waals surface area contributed by atoms with E-state index in [-0.39, 0.29) is 17.6 Å². The number of benzene rings is 3. The van der Waals surface area contributed by atoms with Crippen molar-refractivity contribution in [2.75, 3.05) is 39.3 Å². The lowest BCUT2D eigenvalue weighted by molar-refractivity contribution is 0.0636. The van der Waals surface area contributed by atoms with Gasteiger partial charge in [-0.1, -0.05) is 0 Å². The van der Waals surface area contributed by atoms with Crippen LogP contribution in [0.2, 0.25) is 0 Å². The molecule has 0 saturated carbocycles. The van der Waals surface area contributed by atoms with Gasteiger partial charge in [0.25, 0.3) is 5.91 Å². The molecule has 4 rings (SSSR count). The van der Waals surface area contributed by atoms with Crippen LogP contribution in [0.1, 0.15) is 27.9 Å². The van der Waals surface area contributed by atoms with Gasteiger partial charge in [0.15, 0.2) is 0 Å². The number of amides is 1. The van der Waals surface area contributed by atoms with Crippen LogP contribution >= 0.6 is 0 Å². The van der Waals surface area contributed by atoms with Crippen LogP contribution in [0, 0.1) is 10.8 Å². The normalized spacial score (nSPS) is 13.7. The molecule has 3 aromatic carbocycles. The van der Waals surface area contributed by atoms with E-state index in [1.807, 2.05) is 4.90 Å². The number of nitrogens with zero attached hydrogens (tertiary/aromatic N) is 2. The minimum absolute atomic E-state index is 0.0289. The first-order valence-electron chi connectivity index (χ1n) is 12.4. The van der Waals surface area contributed by atoms with E-state index < -0.39 is 0 Å². The number of ether oxygens (including phenoxy) is 2. The molecule has 0 bridgehead atoms. The van der Waals surface area contributed by atoms with Crippen molar-refractivity contribution in [3.63, 3.8) is 0 Å². The van der Waals surface area contributed by atoms with Crippen molar-refractivity contribution in [1.29, 1.82) is 10.8 Å². The largest absolute Gasteiger partial charge is 0.457 e. The maximum Gasteiger partial charge on any atom is 0.254 e. The van der Waals surface area contributed by atoms with Crippen LogP contribution in [0.5, 0.6) is 23.0 Å². The van der Waals surface area contributed by atoms with Gasteiger partial charge in [0.05, 0.1) is 0 Å². The number of rotatable bonds is 10. The van der Waals surface area contributed by atoms with E-state index >= 15 is 0 Å². The number of nitrogens with two attached hydrogens (primary N) is 3. The van der Waals surface area contributed by atoms with Crippen molar-refractivity contribution in [2.45, 2.75) is 6.42 Å². The second kappa shape index (κ2) is 12.2. The second-order valence-electron chi connectivity index (χ2n) is 9.05. The zero-order chi connectivity index (χ0) is 27.1. The van der Waals surface area contributed by atoms with Crippen molar-refractivity contribution in [1.82, 2.24) is 9.80 Å². The van der Waals surface area contributed by atoms with Crippen molar-refractivity contribution in [3.05, 3.63) is 83.4 Å². The van der Waals surface area contributed by atoms with E-state index in [9.17, 15) is 4.79 Å². The summed E-state index contributed by atoms with van der Waals surface area (Å²) in [5.74, 6) is 1.77. The molecule has 0 aliphatic carbocycles. The highest BCUT2D eigenvalue weighted by atomic mass is 16.5. The van der Waals surface area contributed by atoms with E-state index in [4.69, 9.17) is 37.5 Å². The lowest BCUT2D eigenvalue weighted by Gasteiger charge is -2.34. The summed E-state index contributed by atoms with van der Waals surface area (Å²) in [7, 11) is 0. The number of nitrogens with one attached hydrogen (secondary N) is 2. The number of carbonyl (C=O) groups excluding carboxylic acids is 1. The zero-order valence-corrected chi connectivity index (χ0v) is 21.2. The quantitative estimate of drug-likeness (QED) is 0.204. The summed E-state index contributed by atoms with van der Waals surface area (Å²) in [5.41, 5.74) is 18.4. The summed E-state index contributed by atoms with van der Waals surface area (Å²) in [4.78, 5) is 17.6. The lowest BCUT2D eigenvalue weighted by Crippen LogP contribution is -2.49. The van der Waals surface area contributed by atoms with Crippen LogP contribution in [-0.2, 0) is 0 Å². The third-order valence-corrected chi connectivity index (χ3v) is 6.27. The summed E-state index contributed by atoms with van der Waals surface area (Å²) < 4.78 is 12.1. The van der Waals surface area contributed by atoms with Crippen molar-refractivity contribution in [3.8, 4) is 23.0 Å². The fraction of sp³-hybridized carbons (Fsp3) is 0.250. The Morgan fingerprint density at radius 3 is 1.61 bits per heavy atom. The van der Waals surface area contributed by atoms with Gasteiger partial charge in [0.1, 0.15) is 34.7 Å². The Morgan fingerprint density at radius 1 is 0.711 bits per heavy atom. The Morgan fingerprint density at radius 2 is 1.18 bits per heavy atom. The third-order valence-electron chi connectivity index (χ3n) is 6.27. The Kier molecular flexibility index (Phi) is 8.57. The van der Waals surface area contributed by atoms with Gasteiger partial charge in [-0.2, -0.15) is 0 Å². The van der Waals surface area contributed by atoms with E-state index in [0.29, 0.717) is 59.3 Å². The monoisotopic (exact) mass is 515 g/mol. The molecule has 10 nitrogen and oxygen atoms in total. The highest BCUT2D eigenvalue weighted by molar-refractivity contribution is 5.96. The van der Waals surface area contributed by atoms with E-state index in [0.717, 1.165) is 26.1 Å². The first-order chi connectivity index (χ1) is 18.3. The fourth-order valence-corrected chi connectivity index (χ4v) is 4.16. The number of amidine groups is 2. The number of carbonyl (C=O) groups is 1. The molecule has 0 radical (unpaired) electrons. The summed E-state index contributed by atoms with van der Waals surface area (Å²) in [6.07, 6.45) is 0.939. The van der Waals surface area contributed by atoms with E-state index in [1.165, 1.54) is 0 Å². The third kappa shape index (κ3) is 6.87. The van der Waals surface area contributed by atoms with Crippen LogP contribution in [0.15, 0.2) is 66.7 Å². The van der Waals surface area contributed by atoms with Crippen molar-refractivity contribution < 1.29 is 14.3 Å². The van der Waals surface area contributed by atoms with Crippen LogP contribution in [0.25, 0.3) is 0 Å². The summed E-state index contributed by atoms with van der Waals surface area (Å²) >= 11 is 0. The molecule has 1 amide bonds. The fourth-order valence-electron chi connectivity index (χ4n) is 4.16. The van der Waals surface area contributed by atoms with Gasteiger partial charge >= 0.3 is 0 Å². The van der Waals surface area contributed by atoms with Gasteiger partial charge in [-0.25, -0.2) is 0 Å². The summed E-state index contributed by atoms with van der Waals surface area (Å²) in [6, 6.07) is 18.8. The summed E-state index contributed by atoms with van der Waals surface area (Å²) in [6.45, 7) is 4.45. The van der Waals surface area contributed by atoms with Crippen molar-refractivity contribution >= 4 is 17.6 Å². The molecule has 0 atom stereocenters. The zero-order valence-electron chi connectivity index (χ0n) is 21.2. The van der Waals surface area contributed by atoms with E-state index in [1.54, 1.807) is 66.7 Å². The van der Waals surface area contributed by atoms with Crippen LogP contribution in [-0.4, -0.2) is 66.6 Å². The molecule has 198 valence electrons. The second-order valence-corrected chi connectivity index (χ2v) is 9.05. The Bertz CT molecular complexity index is 1210. The summed E-state index contributed by atoms with van der Waals surface area (Å²) in [5, 5.41) is 15.1. The molecule has 0 aromatic heterocycles. The van der Waals surface area contributed by atoms with Crippen LogP contribution in [0.4, 0.5) is 0 Å². The van der Waals surface area contributed by atoms with Gasteiger partial charge in [-0.15, -0.1) is 0 Å². The van der Waals surface area contributed by atoms with Gasteiger partial charge in [-0.05, 0) is 80.2 Å². The molecule has 0 spiro atoms. The molecule has 1 heterocycles. The number of hydrogen-bond acceptors (Lipinski definition) is 7. The predicted octanol–water partition coefficient (Wildman–Crippen LogP) is 2.95. The molecule has 1 fully saturated rings. The molecule has 0 unspecified atom stereocenters.